The Labute approximate surface area is 405 Å². The van der Waals surface area contributed by atoms with Gasteiger partial charge in [0.2, 0.25) is 0 Å². The van der Waals surface area contributed by atoms with Gasteiger partial charge in [0, 0.05) is 39.2 Å². The Morgan fingerprint density at radius 3 is 1.19 bits per heavy atom. The van der Waals surface area contributed by atoms with Crippen molar-refractivity contribution in [1.82, 2.24) is 0 Å². The van der Waals surface area contributed by atoms with Crippen molar-refractivity contribution in [3.63, 3.8) is 0 Å². The molecule has 0 spiro atoms. The van der Waals surface area contributed by atoms with E-state index in [-0.39, 0.29) is 5.41 Å². The van der Waals surface area contributed by atoms with E-state index >= 15 is 0 Å². The Kier molecular flexibility index (Phi) is 10.6. The third-order valence-corrected chi connectivity index (χ3v) is 14.1. The monoisotopic (exact) mass is 882 g/mol. The van der Waals surface area contributed by atoms with Crippen molar-refractivity contribution in [1.29, 1.82) is 0 Å². The molecule has 11 aromatic rings. The van der Waals surface area contributed by atoms with Gasteiger partial charge in [0.15, 0.2) is 0 Å². The molecule has 0 aliphatic heterocycles. The number of hydrogen-bond donors (Lipinski definition) is 0. The van der Waals surface area contributed by atoms with Gasteiger partial charge in [-0.1, -0.05) is 208 Å². The van der Waals surface area contributed by atoms with E-state index < -0.39 is 0 Å². The average Bonchev–Trinajstić information content (AvgIpc) is 3.64. The summed E-state index contributed by atoms with van der Waals surface area (Å²) in [4.78, 5) is 4.83. The maximum absolute atomic E-state index is 2.44. The second-order valence-corrected chi connectivity index (χ2v) is 18.6. The van der Waals surface area contributed by atoms with E-state index in [1.54, 1.807) is 0 Å². The molecule has 0 bridgehead atoms. The lowest BCUT2D eigenvalue weighted by atomic mass is 9.82. The molecular weight excluding hydrogens is 833 g/mol. The van der Waals surface area contributed by atoms with E-state index in [9.17, 15) is 0 Å². The molecule has 0 atom stereocenters. The van der Waals surface area contributed by atoms with Crippen LogP contribution in [0.4, 0.5) is 34.1 Å². The zero-order chi connectivity index (χ0) is 46.3. The van der Waals surface area contributed by atoms with E-state index in [2.05, 4.69) is 291 Å². The first-order valence-corrected chi connectivity index (χ1v) is 23.9. The van der Waals surface area contributed by atoms with Gasteiger partial charge in [-0.3, -0.25) is 0 Å². The van der Waals surface area contributed by atoms with Crippen LogP contribution in [0.15, 0.2) is 267 Å². The fourth-order valence-electron chi connectivity index (χ4n) is 10.4. The first-order chi connectivity index (χ1) is 34.0. The van der Waals surface area contributed by atoms with Gasteiger partial charge < -0.3 is 9.80 Å². The second kappa shape index (κ2) is 17.5. The lowest BCUT2D eigenvalue weighted by molar-refractivity contribution is 0.660. The summed E-state index contributed by atoms with van der Waals surface area (Å²) in [6.07, 6.45) is 0. The number of benzene rings is 11. The highest BCUT2D eigenvalue weighted by molar-refractivity contribution is 6.00. The van der Waals surface area contributed by atoms with Crippen LogP contribution in [0, 0.1) is 0 Å². The van der Waals surface area contributed by atoms with Gasteiger partial charge in [0.05, 0.1) is 5.69 Å². The Balaban J connectivity index is 0.897. The van der Waals surface area contributed by atoms with Crippen LogP contribution >= 0.6 is 0 Å². The minimum atomic E-state index is -0.271. The fraction of sp³-hybridized carbons (Fsp3) is 0.0448. The van der Waals surface area contributed by atoms with E-state index in [0.29, 0.717) is 0 Å². The molecule has 0 fully saturated rings. The van der Waals surface area contributed by atoms with Crippen molar-refractivity contribution in [2.75, 3.05) is 9.80 Å². The smallest absolute Gasteiger partial charge is 0.0540 e. The van der Waals surface area contributed by atoms with E-state index in [0.717, 1.165) is 34.1 Å². The number of rotatable bonds is 10. The highest BCUT2D eigenvalue weighted by atomic mass is 15.1. The van der Waals surface area contributed by atoms with Crippen LogP contribution in [0.1, 0.15) is 25.0 Å². The first-order valence-electron chi connectivity index (χ1n) is 23.9. The first kappa shape index (κ1) is 41.7. The zero-order valence-electron chi connectivity index (χ0n) is 38.8. The number of para-hydroxylation sites is 1. The van der Waals surface area contributed by atoms with Crippen molar-refractivity contribution in [3.8, 4) is 55.6 Å². The summed E-state index contributed by atoms with van der Waals surface area (Å²) in [5.74, 6) is 0. The van der Waals surface area contributed by atoms with E-state index in [4.69, 9.17) is 0 Å². The van der Waals surface area contributed by atoms with Crippen LogP contribution in [0.5, 0.6) is 0 Å². The summed E-state index contributed by atoms with van der Waals surface area (Å²) in [7, 11) is 0. The fourth-order valence-corrected chi connectivity index (χ4v) is 10.4. The quantitative estimate of drug-likeness (QED) is 0.135. The van der Waals surface area contributed by atoms with Crippen molar-refractivity contribution >= 4 is 44.9 Å². The number of fused-ring (bicyclic) bond motifs is 4. The van der Waals surface area contributed by atoms with Crippen LogP contribution in [0.3, 0.4) is 0 Å². The molecule has 11 aromatic carbocycles. The molecule has 12 rings (SSSR count). The summed E-state index contributed by atoms with van der Waals surface area (Å²) < 4.78 is 0. The molecule has 1 aliphatic rings. The molecule has 1 aliphatic carbocycles. The maximum Gasteiger partial charge on any atom is 0.0540 e. The highest BCUT2D eigenvalue weighted by Gasteiger charge is 2.37. The SMILES string of the molecule is CC1(C)c2cc(N(c3ccccc3)c3ccc(-c4ccc(-c5ccccc5)cc4)cc3)ccc2-c2ccc(N(c3ccc(-c4cccc(-c5ccccc5)c4)cc3)c3cccc4ccccc34)cc21. The Morgan fingerprint density at radius 2 is 0.623 bits per heavy atom. The van der Waals surface area contributed by atoms with Gasteiger partial charge in [-0.2, -0.15) is 0 Å². The Bertz CT molecular complexity index is 3590. The van der Waals surface area contributed by atoms with E-state index in [1.807, 2.05) is 0 Å². The van der Waals surface area contributed by atoms with Gasteiger partial charge in [-0.25, -0.2) is 0 Å². The number of hydrogen-bond acceptors (Lipinski definition) is 2. The zero-order valence-corrected chi connectivity index (χ0v) is 38.8. The number of nitrogens with zero attached hydrogens (tertiary/aromatic N) is 2. The molecule has 0 N–H and O–H groups in total. The lowest BCUT2D eigenvalue weighted by Crippen LogP contribution is -2.17. The molecule has 0 unspecified atom stereocenters. The third kappa shape index (κ3) is 7.76. The van der Waals surface area contributed by atoms with Crippen LogP contribution in [-0.4, -0.2) is 0 Å². The molecule has 0 amide bonds. The van der Waals surface area contributed by atoms with Gasteiger partial charge in [0.25, 0.3) is 0 Å². The average molecular weight is 883 g/mol. The molecule has 0 saturated carbocycles. The largest absolute Gasteiger partial charge is 0.310 e. The van der Waals surface area contributed by atoms with Crippen LogP contribution < -0.4 is 9.80 Å². The highest BCUT2D eigenvalue weighted by Crippen LogP contribution is 2.53. The standard InChI is InChI=1S/C67H50N2/c1-67(2)64-45-59(68(56-24-10-5-11-25-56)57-36-32-51(33-37-57)50-30-28-49(29-31-50)47-16-6-3-7-17-47)40-42-62(64)63-43-41-60(46-65(63)67)69(66-27-15-21-53-20-12-13-26-61(53)66)58-38-34-52(35-39-58)55-23-14-22-54(44-55)48-18-8-4-9-19-48/h3-46H,1-2H3. The van der Waals surface area contributed by atoms with Crippen LogP contribution in [0.2, 0.25) is 0 Å². The van der Waals surface area contributed by atoms with Crippen LogP contribution in [-0.2, 0) is 5.41 Å². The molecule has 0 heterocycles. The van der Waals surface area contributed by atoms with Gasteiger partial charge >= 0.3 is 0 Å². The molecular formula is C67H50N2. The normalized spacial score (nSPS) is 12.3. The molecule has 328 valence electrons. The Hall–Kier alpha value is -8.72. The molecule has 0 aromatic heterocycles. The van der Waals surface area contributed by atoms with Gasteiger partial charge in [0.1, 0.15) is 0 Å². The Morgan fingerprint density at radius 1 is 0.261 bits per heavy atom. The predicted molar refractivity (Wildman–Crippen MR) is 293 cm³/mol. The second-order valence-electron chi connectivity index (χ2n) is 18.6. The third-order valence-electron chi connectivity index (χ3n) is 14.1. The topological polar surface area (TPSA) is 6.48 Å². The molecule has 0 saturated heterocycles. The predicted octanol–water partition coefficient (Wildman–Crippen LogP) is 18.8. The van der Waals surface area contributed by atoms with E-state index in [1.165, 1.54) is 77.5 Å². The molecule has 2 heteroatoms. The molecule has 0 radical (unpaired) electrons. The minimum absolute atomic E-state index is 0.271. The summed E-state index contributed by atoms with van der Waals surface area (Å²) in [6, 6.07) is 97.2. The summed E-state index contributed by atoms with van der Waals surface area (Å²) in [6.45, 7) is 4.77. The summed E-state index contributed by atoms with van der Waals surface area (Å²) in [5, 5.41) is 2.42. The summed E-state index contributed by atoms with van der Waals surface area (Å²) >= 11 is 0. The van der Waals surface area contributed by atoms with Gasteiger partial charge in [-0.15, -0.1) is 0 Å². The molecule has 69 heavy (non-hydrogen) atoms. The lowest BCUT2D eigenvalue weighted by Gasteiger charge is -2.30. The number of anilines is 6. The van der Waals surface area contributed by atoms with Crippen molar-refractivity contribution in [3.05, 3.63) is 278 Å². The van der Waals surface area contributed by atoms with Gasteiger partial charge in [-0.05, 0) is 145 Å². The minimum Gasteiger partial charge on any atom is -0.310 e. The van der Waals surface area contributed by atoms with Crippen molar-refractivity contribution in [2.45, 2.75) is 19.3 Å². The molecule has 2 nitrogen and oxygen atoms in total. The summed E-state index contributed by atoms with van der Waals surface area (Å²) in [5.41, 5.74) is 21.3. The van der Waals surface area contributed by atoms with Crippen molar-refractivity contribution < 1.29 is 0 Å². The van der Waals surface area contributed by atoms with Crippen LogP contribution in [0.25, 0.3) is 66.4 Å². The maximum atomic E-state index is 2.44. The van der Waals surface area contributed by atoms with Crippen molar-refractivity contribution in [2.24, 2.45) is 0 Å².